The summed E-state index contributed by atoms with van der Waals surface area (Å²) in [6, 6.07) is 35.6. The molecule has 164 valence electrons. The zero-order chi connectivity index (χ0) is 22.8. The molecule has 7 rings (SSSR count). The summed E-state index contributed by atoms with van der Waals surface area (Å²) in [5, 5.41) is 0. The van der Waals surface area contributed by atoms with E-state index in [4.69, 9.17) is 14.5 Å². The molecule has 0 N–H and O–H groups in total. The first-order valence-electron chi connectivity index (χ1n) is 11.3. The third kappa shape index (κ3) is 2.47. The van der Waals surface area contributed by atoms with Gasteiger partial charge in [-0.1, -0.05) is 84.9 Å². The van der Waals surface area contributed by atoms with Gasteiger partial charge in [0.05, 0.1) is 22.2 Å². The molecular weight excluding hydrogens is 424 g/mol. The van der Waals surface area contributed by atoms with Crippen LogP contribution in [-0.4, -0.2) is 15.5 Å². The number of esters is 1. The van der Waals surface area contributed by atoms with Crippen molar-refractivity contribution in [2.75, 3.05) is 0 Å². The molecule has 2 aliphatic rings. The van der Waals surface area contributed by atoms with Crippen LogP contribution in [0, 0.1) is 0 Å². The summed E-state index contributed by atoms with van der Waals surface area (Å²) in [5.41, 5.74) is 3.90. The number of rotatable bonds is 2. The van der Waals surface area contributed by atoms with Crippen molar-refractivity contribution in [1.82, 2.24) is 9.55 Å². The zero-order valence-corrected chi connectivity index (χ0v) is 18.2. The van der Waals surface area contributed by atoms with Gasteiger partial charge in [-0.25, -0.2) is 9.78 Å². The smallest absolute Gasteiger partial charge is 0.342 e. The van der Waals surface area contributed by atoms with Gasteiger partial charge in [0.1, 0.15) is 11.4 Å². The number of nitrogens with zero attached hydrogens (tertiary/aromatic N) is 2. The predicted molar refractivity (Wildman–Crippen MR) is 127 cm³/mol. The van der Waals surface area contributed by atoms with E-state index < -0.39 is 17.5 Å². The predicted octanol–water partition coefficient (Wildman–Crippen LogP) is 5.38. The summed E-state index contributed by atoms with van der Waals surface area (Å²) in [6.45, 7) is 0. The van der Waals surface area contributed by atoms with Crippen molar-refractivity contribution in [2.45, 2.75) is 17.9 Å². The van der Waals surface area contributed by atoms with Crippen molar-refractivity contribution in [3.05, 3.63) is 137 Å². The van der Waals surface area contributed by atoms with Gasteiger partial charge in [-0.3, -0.25) is 4.57 Å². The summed E-state index contributed by atoms with van der Waals surface area (Å²) in [7, 11) is 0. The van der Waals surface area contributed by atoms with Crippen molar-refractivity contribution < 1.29 is 14.3 Å². The SMILES string of the molecule is O=C1OC2(OC(c3ccccc3)(c3ccccc3)Cc3nc4ccccc4n32)c2ccccc21. The molecular formula is C29H20N2O3. The lowest BCUT2D eigenvalue weighted by molar-refractivity contribution is -0.288. The largest absolute Gasteiger partial charge is 0.405 e. The zero-order valence-electron chi connectivity index (χ0n) is 18.2. The molecule has 1 aromatic heterocycles. The Morgan fingerprint density at radius 3 is 2.09 bits per heavy atom. The minimum atomic E-state index is -1.48. The molecule has 5 heteroatoms. The van der Waals surface area contributed by atoms with Crippen molar-refractivity contribution >= 4 is 17.0 Å². The highest BCUT2D eigenvalue weighted by molar-refractivity contribution is 5.95. The van der Waals surface area contributed by atoms with E-state index >= 15 is 0 Å². The van der Waals surface area contributed by atoms with E-state index in [0.29, 0.717) is 17.5 Å². The van der Waals surface area contributed by atoms with E-state index in [-0.39, 0.29) is 0 Å². The van der Waals surface area contributed by atoms with E-state index in [1.807, 2.05) is 83.4 Å². The summed E-state index contributed by atoms with van der Waals surface area (Å²) in [4.78, 5) is 18.2. The number of benzene rings is 4. The number of para-hydroxylation sites is 2. The highest BCUT2D eigenvalue weighted by atomic mass is 16.8. The standard InChI is InChI=1S/C29H20N2O3/c32-27-22-15-7-8-16-23(22)29(33-27)31-25-18-10-9-17-24(25)30-26(31)19-28(34-29,20-11-3-1-4-12-20)21-13-5-2-6-14-21/h1-18H,19H2. The van der Waals surface area contributed by atoms with E-state index in [1.165, 1.54) is 0 Å². The molecule has 4 aromatic carbocycles. The minimum Gasteiger partial charge on any atom is -0.405 e. The number of carbonyl (C=O) groups excluding carboxylic acids is 1. The number of carbonyl (C=O) groups is 1. The Morgan fingerprint density at radius 2 is 1.35 bits per heavy atom. The van der Waals surface area contributed by atoms with E-state index in [2.05, 4.69) is 24.3 Å². The van der Waals surface area contributed by atoms with Crippen molar-refractivity contribution in [3.63, 3.8) is 0 Å². The summed E-state index contributed by atoms with van der Waals surface area (Å²) < 4.78 is 15.3. The normalized spacial score (nSPS) is 20.2. The second-order valence-corrected chi connectivity index (χ2v) is 8.71. The maximum absolute atomic E-state index is 13.2. The fourth-order valence-electron chi connectivity index (χ4n) is 5.38. The number of fused-ring (bicyclic) bond motifs is 6. The fourth-order valence-corrected chi connectivity index (χ4v) is 5.38. The van der Waals surface area contributed by atoms with Crippen LogP contribution in [0.5, 0.6) is 0 Å². The number of imidazole rings is 1. The summed E-state index contributed by atoms with van der Waals surface area (Å²) in [6.07, 6.45) is 0.483. The van der Waals surface area contributed by atoms with Gasteiger partial charge in [-0.15, -0.1) is 0 Å². The lowest BCUT2D eigenvalue weighted by Crippen LogP contribution is -2.52. The van der Waals surface area contributed by atoms with Gasteiger partial charge in [0.2, 0.25) is 0 Å². The number of hydrogen-bond donors (Lipinski definition) is 0. The molecule has 0 amide bonds. The monoisotopic (exact) mass is 444 g/mol. The summed E-state index contributed by atoms with van der Waals surface area (Å²) in [5.74, 6) is -1.09. The number of ether oxygens (including phenoxy) is 2. The highest BCUT2D eigenvalue weighted by Crippen LogP contribution is 2.52. The van der Waals surface area contributed by atoms with E-state index in [9.17, 15) is 4.79 Å². The average Bonchev–Trinajstić information content (AvgIpc) is 3.40. The third-order valence-electron chi connectivity index (χ3n) is 6.84. The molecule has 0 fully saturated rings. The molecule has 0 saturated heterocycles. The first kappa shape index (κ1) is 19.3. The molecule has 0 saturated carbocycles. The van der Waals surface area contributed by atoms with Gasteiger partial charge in [0.15, 0.2) is 0 Å². The van der Waals surface area contributed by atoms with Gasteiger partial charge in [0.25, 0.3) is 0 Å². The molecule has 0 aliphatic carbocycles. The lowest BCUT2D eigenvalue weighted by Gasteiger charge is -2.46. The van der Waals surface area contributed by atoms with Crippen LogP contribution < -0.4 is 0 Å². The Labute approximate surface area is 196 Å². The average molecular weight is 444 g/mol. The van der Waals surface area contributed by atoms with Gasteiger partial charge < -0.3 is 9.47 Å². The maximum atomic E-state index is 13.2. The molecule has 0 radical (unpaired) electrons. The Hall–Kier alpha value is -4.22. The van der Waals surface area contributed by atoms with Crippen LogP contribution in [0.15, 0.2) is 109 Å². The van der Waals surface area contributed by atoms with Crippen LogP contribution in [-0.2, 0) is 27.4 Å². The van der Waals surface area contributed by atoms with Crippen LogP contribution in [0.1, 0.15) is 32.9 Å². The Kier molecular flexibility index (Phi) is 3.90. The second-order valence-electron chi connectivity index (χ2n) is 8.71. The van der Waals surface area contributed by atoms with Crippen molar-refractivity contribution in [2.24, 2.45) is 0 Å². The Balaban J connectivity index is 1.60. The number of hydrogen-bond acceptors (Lipinski definition) is 4. The number of aromatic nitrogens is 2. The van der Waals surface area contributed by atoms with Gasteiger partial charge in [-0.2, -0.15) is 0 Å². The molecule has 5 nitrogen and oxygen atoms in total. The molecule has 1 unspecified atom stereocenters. The molecule has 0 bridgehead atoms. The lowest BCUT2D eigenvalue weighted by atomic mass is 9.81. The molecule has 1 spiro atoms. The fraction of sp³-hybridized carbons (Fsp3) is 0.103. The topological polar surface area (TPSA) is 53.4 Å². The highest BCUT2D eigenvalue weighted by Gasteiger charge is 2.59. The van der Waals surface area contributed by atoms with Crippen molar-refractivity contribution in [1.29, 1.82) is 0 Å². The van der Waals surface area contributed by atoms with Crippen LogP contribution in [0.4, 0.5) is 0 Å². The molecule has 2 aliphatic heterocycles. The van der Waals surface area contributed by atoms with E-state index in [1.54, 1.807) is 6.07 Å². The second kappa shape index (κ2) is 6.89. The first-order valence-corrected chi connectivity index (χ1v) is 11.3. The first-order chi connectivity index (χ1) is 16.7. The van der Waals surface area contributed by atoms with Crippen LogP contribution in [0.2, 0.25) is 0 Å². The van der Waals surface area contributed by atoms with Crippen LogP contribution >= 0.6 is 0 Å². The molecule has 34 heavy (non-hydrogen) atoms. The molecule has 1 atom stereocenters. The summed E-state index contributed by atoms with van der Waals surface area (Å²) >= 11 is 0. The minimum absolute atomic E-state index is 0.406. The van der Waals surface area contributed by atoms with Gasteiger partial charge >= 0.3 is 11.9 Å². The Morgan fingerprint density at radius 1 is 0.735 bits per heavy atom. The van der Waals surface area contributed by atoms with Crippen molar-refractivity contribution in [3.8, 4) is 0 Å². The molecule has 3 heterocycles. The third-order valence-corrected chi connectivity index (χ3v) is 6.84. The quantitative estimate of drug-likeness (QED) is 0.343. The van der Waals surface area contributed by atoms with Gasteiger partial charge in [0, 0.05) is 6.42 Å². The Bertz CT molecular complexity index is 1520. The molecule has 5 aromatic rings. The van der Waals surface area contributed by atoms with E-state index in [0.717, 1.165) is 28.0 Å². The maximum Gasteiger partial charge on any atom is 0.342 e. The van der Waals surface area contributed by atoms with Crippen LogP contribution in [0.3, 0.4) is 0 Å². The van der Waals surface area contributed by atoms with Gasteiger partial charge in [-0.05, 0) is 35.4 Å². The van der Waals surface area contributed by atoms with Crippen LogP contribution in [0.25, 0.3) is 11.0 Å².